The molecule has 0 aliphatic heterocycles. The number of nitrogens with one attached hydrogen (secondary N) is 1. The number of hydrogen-bond donors (Lipinski definition) is 1. The molecule has 0 aliphatic rings. The van der Waals surface area contributed by atoms with Crippen LogP contribution < -0.4 is 5.32 Å². The van der Waals surface area contributed by atoms with E-state index in [1.807, 2.05) is 30.3 Å². The fourth-order valence-corrected chi connectivity index (χ4v) is 2.31. The molecular weight excluding hydrogens is 345 g/mol. The highest BCUT2D eigenvalue weighted by Crippen LogP contribution is 2.29. The lowest BCUT2D eigenvalue weighted by atomic mass is 10.1. The number of likely N-dealkylation sites (N-methyl/N-ethyl adjacent to an activating group) is 1. The highest BCUT2D eigenvalue weighted by atomic mass is 19.4. The molecule has 1 N–H and O–H groups in total. The van der Waals surface area contributed by atoms with Crippen LogP contribution in [0.25, 0.3) is 0 Å². The summed E-state index contributed by atoms with van der Waals surface area (Å²) in [6.07, 6.45) is -4.21. The van der Waals surface area contributed by atoms with Crippen LogP contribution in [0.1, 0.15) is 16.7 Å². The van der Waals surface area contributed by atoms with E-state index >= 15 is 0 Å². The summed E-state index contributed by atoms with van der Waals surface area (Å²) in [6, 6.07) is 13.8. The van der Waals surface area contributed by atoms with Crippen LogP contribution in [0.15, 0.2) is 54.6 Å². The van der Waals surface area contributed by atoms with Crippen molar-refractivity contribution in [2.45, 2.75) is 19.1 Å². The SMILES string of the molecule is CN(Cc1ccc(C(F)(F)F)cc1)C(=O)CNC(=O)Cc1ccccc1. The van der Waals surface area contributed by atoms with Crippen LogP contribution in [0, 0.1) is 0 Å². The van der Waals surface area contributed by atoms with Crippen molar-refractivity contribution in [3.8, 4) is 0 Å². The van der Waals surface area contributed by atoms with Gasteiger partial charge in [-0.05, 0) is 23.3 Å². The van der Waals surface area contributed by atoms with E-state index in [0.29, 0.717) is 5.56 Å². The maximum Gasteiger partial charge on any atom is 0.416 e. The van der Waals surface area contributed by atoms with Crippen molar-refractivity contribution in [2.24, 2.45) is 0 Å². The van der Waals surface area contributed by atoms with Crippen molar-refractivity contribution >= 4 is 11.8 Å². The largest absolute Gasteiger partial charge is 0.416 e. The van der Waals surface area contributed by atoms with E-state index in [2.05, 4.69) is 5.32 Å². The van der Waals surface area contributed by atoms with Gasteiger partial charge in [-0.25, -0.2) is 0 Å². The number of benzene rings is 2. The third-order valence-electron chi connectivity index (χ3n) is 3.77. The minimum Gasteiger partial charge on any atom is -0.347 e. The zero-order valence-electron chi connectivity index (χ0n) is 14.2. The number of nitrogens with zero attached hydrogens (tertiary/aromatic N) is 1. The summed E-state index contributed by atoms with van der Waals surface area (Å²) in [6.45, 7) is -0.00563. The van der Waals surface area contributed by atoms with Gasteiger partial charge < -0.3 is 10.2 Å². The van der Waals surface area contributed by atoms with E-state index in [1.54, 1.807) is 0 Å². The van der Waals surface area contributed by atoms with Crippen molar-refractivity contribution < 1.29 is 22.8 Å². The number of hydrogen-bond acceptors (Lipinski definition) is 2. The standard InChI is InChI=1S/C19H19F3N2O2/c1-24(13-15-7-9-16(10-8-15)19(20,21)22)18(26)12-23-17(25)11-14-5-3-2-4-6-14/h2-10H,11-13H2,1H3,(H,23,25). The number of alkyl halides is 3. The Morgan fingerprint density at radius 1 is 0.962 bits per heavy atom. The van der Waals surface area contributed by atoms with Crippen LogP contribution in [0.3, 0.4) is 0 Å². The highest BCUT2D eigenvalue weighted by Gasteiger charge is 2.29. The van der Waals surface area contributed by atoms with Gasteiger partial charge in [0, 0.05) is 13.6 Å². The molecule has 0 heterocycles. The summed E-state index contributed by atoms with van der Waals surface area (Å²) in [7, 11) is 1.53. The maximum absolute atomic E-state index is 12.5. The Morgan fingerprint density at radius 3 is 2.15 bits per heavy atom. The molecule has 0 fully saturated rings. The Kier molecular flexibility index (Phi) is 6.38. The number of carbonyl (C=O) groups is 2. The molecule has 0 saturated carbocycles. The van der Waals surface area contributed by atoms with Gasteiger partial charge in [-0.15, -0.1) is 0 Å². The van der Waals surface area contributed by atoms with E-state index in [-0.39, 0.29) is 31.3 Å². The van der Waals surface area contributed by atoms with Crippen LogP contribution in [0.4, 0.5) is 13.2 Å². The molecular formula is C19H19F3N2O2. The van der Waals surface area contributed by atoms with Gasteiger partial charge in [0.1, 0.15) is 0 Å². The fraction of sp³-hybridized carbons (Fsp3) is 0.263. The lowest BCUT2D eigenvalue weighted by molar-refractivity contribution is -0.137. The molecule has 2 aromatic rings. The third kappa shape index (κ3) is 5.91. The second-order valence-corrected chi connectivity index (χ2v) is 5.88. The number of amides is 2. The molecule has 2 amide bonds. The monoisotopic (exact) mass is 364 g/mol. The van der Waals surface area contributed by atoms with E-state index in [4.69, 9.17) is 0 Å². The molecule has 138 valence electrons. The van der Waals surface area contributed by atoms with Crippen LogP contribution >= 0.6 is 0 Å². The summed E-state index contributed by atoms with van der Waals surface area (Å²) in [5, 5.41) is 2.55. The van der Waals surface area contributed by atoms with Crippen LogP contribution in [0.5, 0.6) is 0 Å². The third-order valence-corrected chi connectivity index (χ3v) is 3.77. The predicted molar refractivity (Wildman–Crippen MR) is 91.1 cm³/mol. The van der Waals surface area contributed by atoms with Crippen molar-refractivity contribution in [1.82, 2.24) is 10.2 Å². The van der Waals surface area contributed by atoms with Gasteiger partial charge >= 0.3 is 6.18 Å². The molecule has 0 aromatic heterocycles. The quantitative estimate of drug-likeness (QED) is 0.857. The zero-order chi connectivity index (χ0) is 19.2. The van der Waals surface area contributed by atoms with Crippen LogP contribution in [-0.2, 0) is 28.7 Å². The van der Waals surface area contributed by atoms with Gasteiger partial charge in [0.05, 0.1) is 18.5 Å². The minimum atomic E-state index is -4.39. The maximum atomic E-state index is 12.5. The normalized spacial score (nSPS) is 11.1. The zero-order valence-corrected chi connectivity index (χ0v) is 14.2. The molecule has 0 aliphatic carbocycles. The van der Waals surface area contributed by atoms with Gasteiger partial charge in [-0.2, -0.15) is 13.2 Å². The van der Waals surface area contributed by atoms with Gasteiger partial charge in [-0.3, -0.25) is 9.59 Å². The Bertz CT molecular complexity index is 744. The molecule has 0 spiro atoms. The average molecular weight is 364 g/mol. The molecule has 0 atom stereocenters. The number of carbonyl (C=O) groups excluding carboxylic acids is 2. The summed E-state index contributed by atoms with van der Waals surface area (Å²) in [5.41, 5.74) is 0.684. The molecule has 26 heavy (non-hydrogen) atoms. The van der Waals surface area contributed by atoms with Gasteiger partial charge in [-0.1, -0.05) is 42.5 Å². The first kappa shape index (κ1) is 19.5. The molecule has 0 saturated heterocycles. The predicted octanol–water partition coefficient (Wildman–Crippen LogP) is 3.02. The highest BCUT2D eigenvalue weighted by molar-refractivity contribution is 5.85. The second kappa shape index (κ2) is 8.51. The molecule has 2 aromatic carbocycles. The Balaban J connectivity index is 1.81. The molecule has 7 heteroatoms. The first-order valence-electron chi connectivity index (χ1n) is 7.96. The lowest BCUT2D eigenvalue weighted by Gasteiger charge is -2.18. The van der Waals surface area contributed by atoms with Gasteiger partial charge in [0.2, 0.25) is 11.8 Å². The molecule has 0 bridgehead atoms. The average Bonchev–Trinajstić information content (AvgIpc) is 2.60. The Hall–Kier alpha value is -2.83. The summed E-state index contributed by atoms with van der Waals surface area (Å²) in [5.74, 6) is -0.598. The van der Waals surface area contributed by atoms with Gasteiger partial charge in [0.25, 0.3) is 0 Å². The van der Waals surface area contributed by atoms with Gasteiger partial charge in [0.15, 0.2) is 0 Å². The first-order valence-corrected chi connectivity index (χ1v) is 7.96. The fourth-order valence-electron chi connectivity index (χ4n) is 2.31. The summed E-state index contributed by atoms with van der Waals surface area (Å²) in [4.78, 5) is 25.3. The summed E-state index contributed by atoms with van der Waals surface area (Å²) >= 11 is 0. The van der Waals surface area contributed by atoms with E-state index in [0.717, 1.165) is 17.7 Å². The smallest absolute Gasteiger partial charge is 0.347 e. The first-order chi connectivity index (χ1) is 12.3. The molecule has 4 nitrogen and oxygen atoms in total. The lowest BCUT2D eigenvalue weighted by Crippen LogP contribution is -2.38. The van der Waals surface area contributed by atoms with E-state index in [9.17, 15) is 22.8 Å². The van der Waals surface area contributed by atoms with Crippen molar-refractivity contribution in [1.29, 1.82) is 0 Å². The number of halogens is 3. The van der Waals surface area contributed by atoms with Crippen molar-refractivity contribution in [3.63, 3.8) is 0 Å². The Labute approximate surface area is 149 Å². The van der Waals surface area contributed by atoms with Crippen molar-refractivity contribution in [2.75, 3.05) is 13.6 Å². The van der Waals surface area contributed by atoms with Crippen LogP contribution in [-0.4, -0.2) is 30.3 Å². The second-order valence-electron chi connectivity index (χ2n) is 5.88. The van der Waals surface area contributed by atoms with Crippen molar-refractivity contribution in [3.05, 3.63) is 71.3 Å². The molecule has 2 rings (SSSR count). The number of rotatable bonds is 6. The summed E-state index contributed by atoms with van der Waals surface area (Å²) < 4.78 is 37.6. The van der Waals surface area contributed by atoms with Crippen LogP contribution in [0.2, 0.25) is 0 Å². The molecule has 0 unspecified atom stereocenters. The minimum absolute atomic E-state index is 0.158. The topological polar surface area (TPSA) is 49.4 Å². The Morgan fingerprint density at radius 2 is 1.58 bits per heavy atom. The molecule has 0 radical (unpaired) electrons. The van der Waals surface area contributed by atoms with E-state index in [1.165, 1.54) is 24.1 Å². The van der Waals surface area contributed by atoms with E-state index < -0.39 is 11.7 Å².